The van der Waals surface area contributed by atoms with Crippen molar-refractivity contribution in [1.29, 1.82) is 0 Å². The van der Waals surface area contributed by atoms with Gasteiger partial charge in [-0.3, -0.25) is 0 Å². The van der Waals surface area contributed by atoms with Crippen molar-refractivity contribution in [2.24, 2.45) is 35.1 Å². The van der Waals surface area contributed by atoms with E-state index in [9.17, 15) is 0 Å². The molecular formula is C15H30N2. The molecule has 4 N–H and O–H groups in total. The molecule has 0 saturated heterocycles. The molecule has 2 saturated carbocycles. The summed E-state index contributed by atoms with van der Waals surface area (Å²) in [4.78, 5) is 0. The molecule has 2 rings (SSSR count). The van der Waals surface area contributed by atoms with Crippen molar-refractivity contribution in [2.45, 2.75) is 57.8 Å². The minimum absolute atomic E-state index is 0.833. The molecule has 17 heavy (non-hydrogen) atoms. The van der Waals surface area contributed by atoms with Gasteiger partial charge in [0.05, 0.1) is 0 Å². The fourth-order valence-electron chi connectivity index (χ4n) is 3.88. The summed E-state index contributed by atoms with van der Waals surface area (Å²) in [5.74, 6) is 3.69. The van der Waals surface area contributed by atoms with Crippen LogP contribution in [0.2, 0.25) is 0 Å². The van der Waals surface area contributed by atoms with E-state index in [4.69, 9.17) is 11.5 Å². The lowest BCUT2D eigenvalue weighted by atomic mass is 9.73. The Morgan fingerprint density at radius 1 is 0.529 bits per heavy atom. The second kappa shape index (κ2) is 6.75. The smallest absolute Gasteiger partial charge is 0.00489 e. The van der Waals surface area contributed by atoms with Gasteiger partial charge in [0.2, 0.25) is 0 Å². The van der Waals surface area contributed by atoms with Crippen molar-refractivity contribution >= 4 is 0 Å². The van der Waals surface area contributed by atoms with E-state index in [1.54, 1.807) is 0 Å². The second-order valence-electron chi connectivity index (χ2n) is 6.48. The van der Waals surface area contributed by atoms with E-state index in [1.807, 2.05) is 0 Å². The van der Waals surface area contributed by atoms with Crippen LogP contribution >= 0.6 is 0 Å². The Bertz CT molecular complexity index is 179. The molecule has 2 aliphatic rings. The molecule has 0 heterocycles. The molecule has 2 heteroatoms. The first kappa shape index (κ1) is 13.4. The molecule has 0 aliphatic heterocycles. The number of hydrogen-bond acceptors (Lipinski definition) is 2. The summed E-state index contributed by atoms with van der Waals surface area (Å²) in [6.45, 7) is 1.82. The van der Waals surface area contributed by atoms with Crippen molar-refractivity contribution < 1.29 is 0 Å². The van der Waals surface area contributed by atoms with Crippen LogP contribution in [0.4, 0.5) is 0 Å². The van der Waals surface area contributed by atoms with Gasteiger partial charge in [-0.05, 0) is 68.9 Å². The number of nitrogens with two attached hydrogens (primary N) is 2. The normalized spacial score (nSPS) is 39.2. The second-order valence-corrected chi connectivity index (χ2v) is 6.48. The van der Waals surface area contributed by atoms with E-state index in [1.165, 1.54) is 57.8 Å². The predicted molar refractivity (Wildman–Crippen MR) is 73.6 cm³/mol. The highest BCUT2D eigenvalue weighted by molar-refractivity contribution is 4.79. The summed E-state index contributed by atoms with van der Waals surface area (Å²) in [6.07, 6.45) is 12.8. The molecular weight excluding hydrogens is 208 g/mol. The van der Waals surface area contributed by atoms with Gasteiger partial charge in [-0.2, -0.15) is 0 Å². The first-order valence-corrected chi connectivity index (χ1v) is 7.72. The van der Waals surface area contributed by atoms with Gasteiger partial charge in [0.25, 0.3) is 0 Å². The molecule has 100 valence electrons. The maximum absolute atomic E-state index is 5.75. The average molecular weight is 238 g/mol. The van der Waals surface area contributed by atoms with E-state index >= 15 is 0 Å². The predicted octanol–water partition coefficient (Wildman–Crippen LogP) is 2.91. The van der Waals surface area contributed by atoms with Crippen molar-refractivity contribution in [3.63, 3.8) is 0 Å². The van der Waals surface area contributed by atoms with Gasteiger partial charge in [0, 0.05) is 0 Å². The molecule has 0 aromatic heterocycles. The lowest BCUT2D eigenvalue weighted by Gasteiger charge is -2.33. The Labute approximate surface area is 107 Å². The van der Waals surface area contributed by atoms with Crippen LogP contribution in [-0.2, 0) is 0 Å². The van der Waals surface area contributed by atoms with Gasteiger partial charge in [-0.15, -0.1) is 0 Å². The summed E-state index contributed by atoms with van der Waals surface area (Å²) < 4.78 is 0. The van der Waals surface area contributed by atoms with Crippen molar-refractivity contribution in [3.8, 4) is 0 Å². The molecule has 2 nitrogen and oxygen atoms in total. The third-order valence-electron chi connectivity index (χ3n) is 5.27. The summed E-state index contributed by atoms with van der Waals surface area (Å²) >= 11 is 0. The van der Waals surface area contributed by atoms with Crippen molar-refractivity contribution in [2.75, 3.05) is 13.1 Å². The van der Waals surface area contributed by atoms with Gasteiger partial charge in [0.15, 0.2) is 0 Å². The highest BCUT2D eigenvalue weighted by Crippen LogP contribution is 2.37. The molecule has 0 amide bonds. The van der Waals surface area contributed by atoms with Crippen LogP contribution in [0.3, 0.4) is 0 Å². The standard InChI is InChI=1S/C15H30N2/c16-10-14-5-1-12(2-6-14)9-13-3-7-15(11-17)8-4-13/h12-15H,1-11,16-17H2. The van der Waals surface area contributed by atoms with Gasteiger partial charge in [-0.25, -0.2) is 0 Å². The highest BCUT2D eigenvalue weighted by Gasteiger charge is 2.26. The van der Waals surface area contributed by atoms with Crippen LogP contribution in [0, 0.1) is 23.7 Å². The Hall–Kier alpha value is -0.0800. The quantitative estimate of drug-likeness (QED) is 0.791. The Morgan fingerprint density at radius 2 is 0.824 bits per heavy atom. The van der Waals surface area contributed by atoms with Crippen LogP contribution < -0.4 is 11.5 Å². The molecule has 0 unspecified atom stereocenters. The van der Waals surface area contributed by atoms with E-state index < -0.39 is 0 Å². The van der Waals surface area contributed by atoms with Crippen molar-refractivity contribution in [1.82, 2.24) is 0 Å². The first-order valence-electron chi connectivity index (χ1n) is 7.72. The fraction of sp³-hybridized carbons (Fsp3) is 1.00. The molecule has 0 spiro atoms. The fourth-order valence-corrected chi connectivity index (χ4v) is 3.88. The first-order chi connectivity index (χ1) is 8.31. The minimum Gasteiger partial charge on any atom is -0.330 e. The van der Waals surface area contributed by atoms with Crippen LogP contribution in [0.5, 0.6) is 0 Å². The maximum atomic E-state index is 5.75. The molecule has 2 fully saturated rings. The Balaban J connectivity index is 1.65. The van der Waals surface area contributed by atoms with Crippen LogP contribution in [0.25, 0.3) is 0 Å². The summed E-state index contributed by atoms with van der Waals surface area (Å²) in [5, 5.41) is 0. The number of hydrogen-bond donors (Lipinski definition) is 2. The molecule has 0 radical (unpaired) electrons. The monoisotopic (exact) mass is 238 g/mol. The lowest BCUT2D eigenvalue weighted by molar-refractivity contribution is 0.195. The van der Waals surface area contributed by atoms with Crippen LogP contribution in [-0.4, -0.2) is 13.1 Å². The zero-order chi connectivity index (χ0) is 12.1. The summed E-state index contributed by atoms with van der Waals surface area (Å²) in [5.41, 5.74) is 11.5. The minimum atomic E-state index is 0.833. The molecule has 2 aliphatic carbocycles. The Kier molecular flexibility index (Phi) is 5.30. The average Bonchev–Trinajstić information content (AvgIpc) is 2.40. The van der Waals surface area contributed by atoms with E-state index in [0.29, 0.717) is 0 Å². The summed E-state index contributed by atoms with van der Waals surface area (Å²) in [6, 6.07) is 0. The van der Waals surface area contributed by atoms with Crippen LogP contribution in [0.15, 0.2) is 0 Å². The van der Waals surface area contributed by atoms with Crippen LogP contribution in [0.1, 0.15) is 57.8 Å². The lowest BCUT2D eigenvalue weighted by Crippen LogP contribution is -2.25. The zero-order valence-electron chi connectivity index (χ0n) is 11.2. The summed E-state index contributed by atoms with van der Waals surface area (Å²) in [7, 11) is 0. The largest absolute Gasteiger partial charge is 0.330 e. The van der Waals surface area contributed by atoms with Gasteiger partial charge in [0.1, 0.15) is 0 Å². The van der Waals surface area contributed by atoms with Crippen molar-refractivity contribution in [3.05, 3.63) is 0 Å². The topological polar surface area (TPSA) is 52.0 Å². The number of rotatable bonds is 4. The molecule has 0 aromatic rings. The van der Waals surface area contributed by atoms with E-state index in [2.05, 4.69) is 0 Å². The van der Waals surface area contributed by atoms with E-state index in [0.717, 1.165) is 36.8 Å². The Morgan fingerprint density at radius 3 is 1.12 bits per heavy atom. The highest BCUT2D eigenvalue weighted by atomic mass is 14.6. The third-order valence-corrected chi connectivity index (χ3v) is 5.27. The SMILES string of the molecule is NCC1CCC(CC2CCC(CN)CC2)CC1. The van der Waals surface area contributed by atoms with Gasteiger partial charge < -0.3 is 11.5 Å². The molecule has 0 aromatic carbocycles. The van der Waals surface area contributed by atoms with E-state index in [-0.39, 0.29) is 0 Å². The third kappa shape index (κ3) is 3.96. The molecule has 0 bridgehead atoms. The zero-order valence-corrected chi connectivity index (χ0v) is 11.2. The maximum Gasteiger partial charge on any atom is -0.00489 e. The van der Waals surface area contributed by atoms with Gasteiger partial charge >= 0.3 is 0 Å². The molecule has 0 atom stereocenters. The van der Waals surface area contributed by atoms with Gasteiger partial charge in [-0.1, -0.05) is 25.7 Å².